The van der Waals surface area contributed by atoms with E-state index in [-0.39, 0.29) is 12.4 Å². The summed E-state index contributed by atoms with van der Waals surface area (Å²) in [4.78, 5) is 10.5. The van der Waals surface area contributed by atoms with Crippen molar-refractivity contribution >= 4 is 17.8 Å². The Bertz CT molecular complexity index is 917. The molecule has 0 saturated heterocycles. The van der Waals surface area contributed by atoms with E-state index in [1.54, 1.807) is 30.9 Å². The Labute approximate surface area is 151 Å². The fourth-order valence-corrected chi connectivity index (χ4v) is 3.20. The second-order valence-corrected chi connectivity index (χ2v) is 6.31. The summed E-state index contributed by atoms with van der Waals surface area (Å²) in [6, 6.07) is 8.32. The Morgan fingerprint density at radius 3 is 2.85 bits per heavy atom. The number of hydrogen-bond donors (Lipinski definition) is 2. The largest absolute Gasteiger partial charge is 0.369 e. The Morgan fingerprint density at radius 1 is 1.42 bits per heavy atom. The van der Waals surface area contributed by atoms with Crippen molar-refractivity contribution in [1.29, 1.82) is 5.26 Å². The maximum absolute atomic E-state index is 13.5. The quantitative estimate of drug-likeness (QED) is 0.882. The summed E-state index contributed by atoms with van der Waals surface area (Å²) in [7, 11) is 0. The zero-order valence-corrected chi connectivity index (χ0v) is 14.9. The van der Waals surface area contributed by atoms with Crippen molar-refractivity contribution in [3.63, 3.8) is 0 Å². The summed E-state index contributed by atoms with van der Waals surface area (Å²) < 4.78 is 13.5. The van der Waals surface area contributed by atoms with Gasteiger partial charge < -0.3 is 15.3 Å². The molecule has 1 unspecified atom stereocenters. The second-order valence-electron chi connectivity index (χ2n) is 6.31. The van der Waals surface area contributed by atoms with Gasteiger partial charge in [-0.3, -0.25) is 0 Å². The van der Waals surface area contributed by atoms with Crippen LogP contribution < -0.4 is 5.32 Å². The first-order valence-electron chi connectivity index (χ1n) is 8.35. The fourth-order valence-electron chi connectivity index (χ4n) is 3.20. The summed E-state index contributed by atoms with van der Waals surface area (Å²) in [6.45, 7) is 6.20. The molecule has 7 heteroatoms. The van der Waals surface area contributed by atoms with Crippen LogP contribution in [0.5, 0.6) is 0 Å². The molecular formula is C19H20FN5O. The SMILES string of the molecule is CCNc1nc(C)c2c(c1C#N)N=CN(Cc1cccc(F)c1)C2(C)O. The Balaban J connectivity index is 2.07. The highest BCUT2D eigenvalue weighted by molar-refractivity contribution is 5.78. The van der Waals surface area contributed by atoms with Crippen LogP contribution in [0, 0.1) is 24.1 Å². The predicted molar refractivity (Wildman–Crippen MR) is 97.5 cm³/mol. The van der Waals surface area contributed by atoms with E-state index in [2.05, 4.69) is 21.4 Å². The first-order chi connectivity index (χ1) is 12.4. The van der Waals surface area contributed by atoms with Crippen molar-refractivity contribution < 1.29 is 9.50 Å². The van der Waals surface area contributed by atoms with Crippen LogP contribution in [0.1, 0.15) is 36.2 Å². The summed E-state index contributed by atoms with van der Waals surface area (Å²) >= 11 is 0. The molecule has 0 spiro atoms. The third-order valence-electron chi connectivity index (χ3n) is 4.41. The summed E-state index contributed by atoms with van der Waals surface area (Å²) in [5.74, 6) is 0.120. The number of aliphatic hydroxyl groups is 1. The predicted octanol–water partition coefficient (Wildman–Crippen LogP) is 3.17. The van der Waals surface area contributed by atoms with Crippen LogP contribution >= 0.6 is 0 Å². The van der Waals surface area contributed by atoms with E-state index in [9.17, 15) is 14.8 Å². The second kappa shape index (κ2) is 6.73. The number of nitrogens with one attached hydrogen (secondary N) is 1. The summed E-state index contributed by atoms with van der Waals surface area (Å²) in [5.41, 5.74) is 1.05. The van der Waals surface area contributed by atoms with Crippen molar-refractivity contribution in [2.75, 3.05) is 11.9 Å². The number of anilines is 1. The lowest BCUT2D eigenvalue weighted by Crippen LogP contribution is -2.45. The van der Waals surface area contributed by atoms with Gasteiger partial charge in [-0.2, -0.15) is 5.26 Å². The van der Waals surface area contributed by atoms with Gasteiger partial charge in [-0.05, 0) is 38.5 Å². The van der Waals surface area contributed by atoms with Gasteiger partial charge in [-0.15, -0.1) is 0 Å². The molecule has 26 heavy (non-hydrogen) atoms. The van der Waals surface area contributed by atoms with E-state index in [1.165, 1.54) is 18.5 Å². The van der Waals surface area contributed by atoms with Crippen molar-refractivity contribution in [2.24, 2.45) is 4.99 Å². The molecule has 0 bridgehead atoms. The first-order valence-corrected chi connectivity index (χ1v) is 8.35. The number of nitrogens with zero attached hydrogens (tertiary/aromatic N) is 4. The van der Waals surface area contributed by atoms with Crippen molar-refractivity contribution in [3.8, 4) is 6.07 Å². The topological polar surface area (TPSA) is 84.5 Å². The van der Waals surface area contributed by atoms with Crippen LogP contribution in [0.3, 0.4) is 0 Å². The molecule has 6 nitrogen and oxygen atoms in total. The molecule has 0 amide bonds. The van der Waals surface area contributed by atoms with Crippen LogP contribution in [0.15, 0.2) is 29.3 Å². The zero-order chi connectivity index (χ0) is 18.9. The smallest absolute Gasteiger partial charge is 0.166 e. The normalized spacial score (nSPS) is 18.4. The minimum absolute atomic E-state index is 0.268. The van der Waals surface area contributed by atoms with Crippen LogP contribution in [0.4, 0.5) is 15.9 Å². The van der Waals surface area contributed by atoms with Crippen LogP contribution in [-0.4, -0.2) is 27.9 Å². The van der Waals surface area contributed by atoms with Gasteiger partial charge in [0.25, 0.3) is 0 Å². The van der Waals surface area contributed by atoms with E-state index < -0.39 is 5.72 Å². The van der Waals surface area contributed by atoms with Gasteiger partial charge in [-0.1, -0.05) is 12.1 Å². The lowest BCUT2D eigenvalue weighted by Gasteiger charge is -2.40. The molecule has 1 aliphatic rings. The number of benzene rings is 1. The molecule has 0 radical (unpaired) electrons. The Kier molecular flexibility index (Phi) is 4.62. The average Bonchev–Trinajstić information content (AvgIpc) is 2.57. The molecule has 2 heterocycles. The molecule has 1 aromatic carbocycles. The van der Waals surface area contributed by atoms with Gasteiger partial charge in [0.15, 0.2) is 5.72 Å². The molecule has 0 saturated carbocycles. The number of hydrogen-bond acceptors (Lipinski definition) is 6. The molecule has 2 aromatic rings. The third-order valence-corrected chi connectivity index (χ3v) is 4.41. The van der Waals surface area contributed by atoms with Crippen molar-refractivity contribution in [1.82, 2.24) is 9.88 Å². The number of rotatable bonds is 4. The number of aromatic nitrogens is 1. The van der Waals surface area contributed by atoms with E-state index in [0.29, 0.717) is 40.4 Å². The van der Waals surface area contributed by atoms with Gasteiger partial charge in [0, 0.05) is 18.8 Å². The monoisotopic (exact) mass is 353 g/mol. The van der Waals surface area contributed by atoms with Crippen LogP contribution in [0.2, 0.25) is 0 Å². The highest BCUT2D eigenvalue weighted by Gasteiger charge is 2.39. The van der Waals surface area contributed by atoms with Gasteiger partial charge in [-0.25, -0.2) is 14.4 Å². The highest BCUT2D eigenvalue weighted by atomic mass is 19.1. The molecule has 0 fully saturated rings. The molecule has 134 valence electrons. The van der Waals surface area contributed by atoms with Gasteiger partial charge in [0.1, 0.15) is 23.3 Å². The summed E-state index contributed by atoms with van der Waals surface area (Å²) in [6.07, 6.45) is 1.49. The number of fused-ring (bicyclic) bond motifs is 1. The third kappa shape index (κ3) is 3.00. The van der Waals surface area contributed by atoms with Crippen molar-refractivity contribution in [2.45, 2.75) is 33.0 Å². The zero-order valence-electron chi connectivity index (χ0n) is 14.9. The number of pyridine rings is 1. The standard InChI is InChI=1S/C19H20FN5O/c1-4-22-18-15(9-21)17-16(12(2)24-18)19(3,26)25(11-23-17)10-13-6-5-7-14(20)8-13/h5-8,11,26H,4,10H2,1-3H3,(H,22,24). The summed E-state index contributed by atoms with van der Waals surface area (Å²) in [5, 5.41) is 23.8. The van der Waals surface area contributed by atoms with E-state index >= 15 is 0 Å². The lowest BCUT2D eigenvalue weighted by atomic mass is 9.95. The molecule has 3 rings (SSSR count). The maximum Gasteiger partial charge on any atom is 0.166 e. The molecule has 1 atom stereocenters. The molecule has 0 aliphatic carbocycles. The first kappa shape index (κ1) is 17.8. The molecular weight excluding hydrogens is 333 g/mol. The highest BCUT2D eigenvalue weighted by Crippen LogP contribution is 2.42. The number of aryl methyl sites for hydroxylation is 1. The maximum atomic E-state index is 13.5. The number of aliphatic imine (C=N–C) groups is 1. The fraction of sp³-hybridized carbons (Fsp3) is 0.316. The van der Waals surface area contributed by atoms with Gasteiger partial charge in [0.2, 0.25) is 0 Å². The van der Waals surface area contributed by atoms with Gasteiger partial charge in [0.05, 0.1) is 17.6 Å². The minimum atomic E-state index is -1.43. The molecule has 2 N–H and O–H groups in total. The molecule has 1 aliphatic heterocycles. The average molecular weight is 353 g/mol. The Morgan fingerprint density at radius 2 is 2.19 bits per heavy atom. The van der Waals surface area contributed by atoms with E-state index in [4.69, 9.17) is 0 Å². The van der Waals surface area contributed by atoms with E-state index in [0.717, 1.165) is 0 Å². The lowest BCUT2D eigenvalue weighted by molar-refractivity contribution is -0.0631. The van der Waals surface area contributed by atoms with Crippen molar-refractivity contribution in [3.05, 3.63) is 52.5 Å². The van der Waals surface area contributed by atoms with Crippen LogP contribution in [0.25, 0.3) is 0 Å². The number of halogens is 1. The van der Waals surface area contributed by atoms with E-state index in [1.807, 2.05) is 6.92 Å². The van der Waals surface area contributed by atoms with Crippen LogP contribution in [-0.2, 0) is 12.3 Å². The number of nitriles is 1. The minimum Gasteiger partial charge on any atom is -0.369 e. The van der Waals surface area contributed by atoms with Gasteiger partial charge >= 0.3 is 0 Å². The molecule has 1 aromatic heterocycles. The Hall–Kier alpha value is -2.98.